The van der Waals surface area contributed by atoms with E-state index < -0.39 is 12.8 Å². The maximum Gasteiger partial charge on any atom is 0.411 e. The maximum absolute atomic E-state index is 11.7. The first-order valence-electron chi connectivity index (χ1n) is 5.60. The highest BCUT2D eigenvalue weighted by atomic mass is 19.4. The van der Waals surface area contributed by atoms with E-state index in [0.29, 0.717) is 32.7 Å². The van der Waals surface area contributed by atoms with Gasteiger partial charge in [0, 0.05) is 13.2 Å². The van der Waals surface area contributed by atoms with Gasteiger partial charge in [0.2, 0.25) is 0 Å². The van der Waals surface area contributed by atoms with Gasteiger partial charge >= 0.3 is 6.18 Å². The van der Waals surface area contributed by atoms with Gasteiger partial charge in [0.25, 0.3) is 0 Å². The molecule has 0 spiro atoms. The van der Waals surface area contributed by atoms with Crippen molar-refractivity contribution in [3.63, 3.8) is 0 Å². The summed E-state index contributed by atoms with van der Waals surface area (Å²) in [6.07, 6.45) is -1.06. The van der Waals surface area contributed by atoms with Crippen LogP contribution in [0.1, 0.15) is 12.8 Å². The quantitative estimate of drug-likeness (QED) is 0.453. The molecule has 1 N–H and O–H groups in total. The van der Waals surface area contributed by atoms with Crippen molar-refractivity contribution in [2.75, 3.05) is 39.5 Å². The molecular formula is C11H20F3NO2. The highest BCUT2D eigenvalue weighted by Crippen LogP contribution is 2.14. The van der Waals surface area contributed by atoms with Crippen molar-refractivity contribution >= 4 is 0 Å². The highest BCUT2D eigenvalue weighted by molar-refractivity contribution is 4.64. The number of nitrogens with one attached hydrogen (secondary N) is 1. The van der Waals surface area contributed by atoms with Gasteiger partial charge in [-0.2, -0.15) is 13.2 Å². The molecule has 0 aromatic heterocycles. The van der Waals surface area contributed by atoms with E-state index in [9.17, 15) is 13.2 Å². The van der Waals surface area contributed by atoms with Gasteiger partial charge in [-0.25, -0.2) is 0 Å². The predicted molar refractivity (Wildman–Crippen MR) is 60.0 cm³/mol. The Balaban J connectivity index is 3.01. The Morgan fingerprint density at radius 1 is 1.06 bits per heavy atom. The van der Waals surface area contributed by atoms with Crippen molar-refractivity contribution in [3.8, 4) is 0 Å². The second-order valence-corrected chi connectivity index (χ2v) is 3.46. The van der Waals surface area contributed by atoms with E-state index in [1.165, 1.54) is 0 Å². The van der Waals surface area contributed by atoms with Crippen LogP contribution in [0.4, 0.5) is 13.2 Å². The molecule has 0 aliphatic carbocycles. The number of hydrogen-bond donors (Lipinski definition) is 1. The Morgan fingerprint density at radius 2 is 1.82 bits per heavy atom. The molecule has 17 heavy (non-hydrogen) atoms. The third-order valence-electron chi connectivity index (χ3n) is 1.80. The number of ether oxygens (including phenoxy) is 2. The van der Waals surface area contributed by atoms with Gasteiger partial charge < -0.3 is 14.8 Å². The number of hydrogen-bond acceptors (Lipinski definition) is 3. The normalized spacial score (nSPS) is 11.7. The fourth-order valence-corrected chi connectivity index (χ4v) is 1.03. The minimum absolute atomic E-state index is 0.115. The molecular weight excluding hydrogens is 235 g/mol. The average molecular weight is 255 g/mol. The van der Waals surface area contributed by atoms with E-state index in [1.54, 1.807) is 6.08 Å². The molecule has 0 aromatic rings. The van der Waals surface area contributed by atoms with E-state index in [2.05, 4.69) is 16.6 Å². The molecule has 0 atom stereocenters. The van der Waals surface area contributed by atoms with Crippen molar-refractivity contribution in [2.24, 2.45) is 0 Å². The Bertz CT molecular complexity index is 186. The third kappa shape index (κ3) is 15.4. The van der Waals surface area contributed by atoms with E-state index in [1.807, 2.05) is 0 Å². The molecule has 0 amide bonds. The lowest BCUT2D eigenvalue weighted by Gasteiger charge is -2.08. The molecule has 0 aliphatic rings. The molecule has 0 aromatic carbocycles. The van der Waals surface area contributed by atoms with Crippen LogP contribution in [0.25, 0.3) is 0 Å². The van der Waals surface area contributed by atoms with Crippen LogP contribution in [0, 0.1) is 0 Å². The summed E-state index contributed by atoms with van der Waals surface area (Å²) in [4.78, 5) is 0. The van der Waals surface area contributed by atoms with Crippen molar-refractivity contribution in [1.29, 1.82) is 0 Å². The zero-order chi connectivity index (χ0) is 13.0. The van der Waals surface area contributed by atoms with E-state index in [4.69, 9.17) is 4.74 Å². The van der Waals surface area contributed by atoms with Crippen molar-refractivity contribution < 1.29 is 22.6 Å². The second kappa shape index (κ2) is 10.6. The van der Waals surface area contributed by atoms with Crippen LogP contribution in [0.3, 0.4) is 0 Å². The molecule has 0 heterocycles. The molecule has 0 unspecified atom stereocenters. The van der Waals surface area contributed by atoms with E-state index in [-0.39, 0.29) is 6.61 Å². The minimum Gasteiger partial charge on any atom is -0.380 e. The largest absolute Gasteiger partial charge is 0.411 e. The van der Waals surface area contributed by atoms with Gasteiger partial charge in [0.15, 0.2) is 0 Å². The Labute approximate surface area is 100.0 Å². The number of halogens is 3. The Kier molecular flexibility index (Phi) is 10.2. The zero-order valence-corrected chi connectivity index (χ0v) is 9.89. The summed E-state index contributed by atoms with van der Waals surface area (Å²) in [5.41, 5.74) is 0. The molecule has 0 saturated heterocycles. The first kappa shape index (κ1) is 16.4. The second-order valence-electron chi connectivity index (χ2n) is 3.46. The van der Waals surface area contributed by atoms with Crippen molar-refractivity contribution in [1.82, 2.24) is 5.32 Å². The van der Waals surface area contributed by atoms with Crippen LogP contribution >= 0.6 is 0 Å². The lowest BCUT2D eigenvalue weighted by atomic mass is 10.4. The summed E-state index contributed by atoms with van der Waals surface area (Å²) in [5, 5.41) is 3.05. The van der Waals surface area contributed by atoms with Crippen LogP contribution in [-0.2, 0) is 9.47 Å². The van der Waals surface area contributed by atoms with Gasteiger partial charge in [-0.15, -0.1) is 6.58 Å². The summed E-state index contributed by atoms with van der Waals surface area (Å²) in [6.45, 7) is 5.08. The predicted octanol–water partition coefficient (Wildman–Crippen LogP) is 2.14. The molecule has 0 bridgehead atoms. The van der Waals surface area contributed by atoms with E-state index >= 15 is 0 Å². The van der Waals surface area contributed by atoms with Gasteiger partial charge in [0.05, 0.1) is 13.2 Å². The van der Waals surface area contributed by atoms with Gasteiger partial charge in [-0.05, 0) is 19.4 Å². The maximum atomic E-state index is 11.7. The monoisotopic (exact) mass is 255 g/mol. The van der Waals surface area contributed by atoms with Crippen LogP contribution in [-0.4, -0.2) is 45.7 Å². The third-order valence-corrected chi connectivity index (χ3v) is 1.80. The van der Waals surface area contributed by atoms with Gasteiger partial charge in [0.1, 0.15) is 6.61 Å². The topological polar surface area (TPSA) is 30.5 Å². The van der Waals surface area contributed by atoms with Crippen LogP contribution < -0.4 is 5.32 Å². The number of alkyl halides is 3. The van der Waals surface area contributed by atoms with Gasteiger partial charge in [-0.3, -0.25) is 0 Å². The lowest BCUT2D eigenvalue weighted by molar-refractivity contribution is -0.173. The molecule has 0 rings (SSSR count). The lowest BCUT2D eigenvalue weighted by Crippen LogP contribution is -2.23. The zero-order valence-electron chi connectivity index (χ0n) is 9.89. The molecule has 0 fully saturated rings. The first-order valence-corrected chi connectivity index (χ1v) is 5.60. The molecule has 6 heteroatoms. The Hall–Kier alpha value is -0.590. The van der Waals surface area contributed by atoms with Crippen LogP contribution in [0.5, 0.6) is 0 Å². The smallest absolute Gasteiger partial charge is 0.380 e. The highest BCUT2D eigenvalue weighted by Gasteiger charge is 2.26. The summed E-state index contributed by atoms with van der Waals surface area (Å²) in [6, 6.07) is 0. The Morgan fingerprint density at radius 3 is 2.47 bits per heavy atom. The average Bonchev–Trinajstić information content (AvgIpc) is 2.24. The molecule has 0 saturated carbocycles. The molecule has 102 valence electrons. The van der Waals surface area contributed by atoms with Crippen molar-refractivity contribution in [2.45, 2.75) is 19.0 Å². The summed E-state index contributed by atoms with van der Waals surface area (Å²) >= 11 is 0. The van der Waals surface area contributed by atoms with Crippen LogP contribution in [0.2, 0.25) is 0 Å². The summed E-state index contributed by atoms with van der Waals surface area (Å²) in [7, 11) is 0. The fourth-order valence-electron chi connectivity index (χ4n) is 1.03. The molecule has 0 aliphatic heterocycles. The molecule has 0 radical (unpaired) electrons. The van der Waals surface area contributed by atoms with Crippen molar-refractivity contribution in [3.05, 3.63) is 12.7 Å². The minimum atomic E-state index is -4.23. The number of rotatable bonds is 11. The SMILES string of the molecule is C=CCCOCCNCCCOCC(F)(F)F. The van der Waals surface area contributed by atoms with Gasteiger partial charge in [-0.1, -0.05) is 6.08 Å². The summed E-state index contributed by atoms with van der Waals surface area (Å²) in [5.74, 6) is 0. The molecule has 3 nitrogen and oxygen atoms in total. The fraction of sp³-hybridized carbons (Fsp3) is 0.818. The van der Waals surface area contributed by atoms with E-state index in [0.717, 1.165) is 6.42 Å². The summed E-state index contributed by atoms with van der Waals surface area (Å²) < 4.78 is 44.7. The van der Waals surface area contributed by atoms with Crippen LogP contribution in [0.15, 0.2) is 12.7 Å². The first-order chi connectivity index (χ1) is 8.06. The standard InChI is InChI=1S/C11H20F3NO2/c1-2-3-7-16-9-6-15-5-4-8-17-10-11(12,13)14/h2,15H,1,3-10H2.